The highest BCUT2D eigenvalue weighted by Crippen LogP contribution is 2.31. The van der Waals surface area contributed by atoms with E-state index in [4.69, 9.17) is 0 Å². The average Bonchev–Trinajstić information content (AvgIpc) is 2.97. The number of rotatable bonds is 5. The molecule has 0 fully saturated rings. The van der Waals surface area contributed by atoms with Gasteiger partial charge in [-0.15, -0.1) is 47.5 Å². The lowest BCUT2D eigenvalue weighted by Crippen LogP contribution is -2.30. The lowest BCUT2D eigenvalue weighted by molar-refractivity contribution is 0.0950. The minimum atomic E-state index is -0.122. The summed E-state index contributed by atoms with van der Waals surface area (Å²) in [6.07, 6.45) is 0. The van der Waals surface area contributed by atoms with E-state index < -0.39 is 0 Å². The number of carbonyl (C=O) groups excluding carboxylic acids is 1. The van der Waals surface area contributed by atoms with Gasteiger partial charge < -0.3 is 10.6 Å². The summed E-state index contributed by atoms with van der Waals surface area (Å²) in [4.78, 5) is 17.2. The summed E-state index contributed by atoms with van der Waals surface area (Å²) in [6, 6.07) is 2.01. The van der Waals surface area contributed by atoms with Crippen LogP contribution in [-0.4, -0.2) is 31.0 Å². The van der Waals surface area contributed by atoms with Crippen LogP contribution >= 0.6 is 63.4 Å². The molecule has 0 saturated heterocycles. The van der Waals surface area contributed by atoms with Crippen LogP contribution in [0, 0.1) is 0 Å². The molecule has 0 aromatic carbocycles. The van der Waals surface area contributed by atoms with E-state index in [1.54, 1.807) is 16.7 Å². The molecule has 2 aromatic heterocycles. The van der Waals surface area contributed by atoms with E-state index in [0.29, 0.717) is 12.2 Å². The van der Waals surface area contributed by atoms with Gasteiger partial charge in [-0.1, -0.05) is 0 Å². The van der Waals surface area contributed by atoms with Crippen molar-refractivity contribution in [1.82, 2.24) is 15.6 Å². The summed E-state index contributed by atoms with van der Waals surface area (Å²) in [6.45, 7) is 1.35. The van der Waals surface area contributed by atoms with Gasteiger partial charge in [0.2, 0.25) is 0 Å². The Morgan fingerprint density at radius 2 is 2.05 bits per heavy atom. The number of nitrogens with zero attached hydrogens (tertiary/aromatic N) is 1. The van der Waals surface area contributed by atoms with Gasteiger partial charge in [-0.05, 0) is 29.0 Å². The Bertz CT molecular complexity index is 547. The van der Waals surface area contributed by atoms with Gasteiger partial charge in [0.15, 0.2) is 0 Å². The van der Waals surface area contributed by atoms with Crippen molar-refractivity contribution in [2.75, 3.05) is 20.1 Å². The Kier molecular flexibility index (Phi) is 9.61. The van der Waals surface area contributed by atoms with Crippen LogP contribution in [-0.2, 0) is 0 Å². The molecule has 2 aromatic rings. The number of halogens is 3. The fourth-order valence-electron chi connectivity index (χ4n) is 1.31. The molecule has 0 spiro atoms. The number of hydrogen-bond acceptors (Lipinski definition) is 5. The minimum absolute atomic E-state index is 0. The van der Waals surface area contributed by atoms with Crippen molar-refractivity contribution in [3.63, 3.8) is 0 Å². The number of likely N-dealkylation sites (N-methyl/N-ethyl adjacent to an activating group) is 1. The molecule has 1 amide bonds. The molecule has 0 bridgehead atoms. The zero-order valence-electron chi connectivity index (χ0n) is 10.5. The van der Waals surface area contributed by atoms with Crippen LogP contribution in [0.5, 0.6) is 0 Å². The molecule has 0 saturated carbocycles. The predicted molar refractivity (Wildman–Crippen MR) is 93.9 cm³/mol. The minimum Gasteiger partial charge on any atom is -0.349 e. The van der Waals surface area contributed by atoms with Crippen LogP contribution in [0.2, 0.25) is 0 Å². The second kappa shape index (κ2) is 9.70. The van der Waals surface area contributed by atoms with Gasteiger partial charge in [0.05, 0.1) is 4.88 Å². The molecular formula is C11H14BrCl2N3OS2. The molecular weight excluding hydrogens is 405 g/mol. The van der Waals surface area contributed by atoms with Gasteiger partial charge in [0.25, 0.3) is 5.91 Å². The Morgan fingerprint density at radius 1 is 1.30 bits per heavy atom. The SMILES string of the molecule is CNCCNC(=O)c1csc(-c2cc(Br)cs2)n1.Cl.Cl. The van der Waals surface area contributed by atoms with E-state index in [2.05, 4.69) is 31.5 Å². The average molecular weight is 419 g/mol. The number of aromatic nitrogens is 1. The van der Waals surface area contributed by atoms with Gasteiger partial charge in [-0.25, -0.2) is 4.98 Å². The first kappa shape index (κ1) is 19.8. The van der Waals surface area contributed by atoms with E-state index in [0.717, 1.165) is 20.9 Å². The van der Waals surface area contributed by atoms with Gasteiger partial charge in [-0.3, -0.25) is 4.79 Å². The van der Waals surface area contributed by atoms with Crippen molar-refractivity contribution < 1.29 is 4.79 Å². The normalized spacial score (nSPS) is 9.50. The molecule has 0 aliphatic rings. The van der Waals surface area contributed by atoms with Crippen molar-refractivity contribution in [3.05, 3.63) is 27.0 Å². The summed E-state index contributed by atoms with van der Waals surface area (Å²) in [7, 11) is 1.85. The van der Waals surface area contributed by atoms with E-state index in [1.165, 1.54) is 11.3 Å². The van der Waals surface area contributed by atoms with Crippen molar-refractivity contribution in [3.8, 4) is 9.88 Å². The van der Waals surface area contributed by atoms with Gasteiger partial charge in [-0.2, -0.15) is 0 Å². The van der Waals surface area contributed by atoms with Crippen LogP contribution in [0.25, 0.3) is 9.88 Å². The molecule has 0 aliphatic heterocycles. The topological polar surface area (TPSA) is 54.0 Å². The quantitative estimate of drug-likeness (QED) is 0.731. The third kappa shape index (κ3) is 5.31. The molecule has 0 aliphatic carbocycles. The first-order valence-electron chi connectivity index (χ1n) is 5.33. The molecule has 0 unspecified atom stereocenters. The molecule has 0 atom stereocenters. The third-order valence-corrected chi connectivity index (χ3v) is 4.88. The van der Waals surface area contributed by atoms with Crippen LogP contribution in [0.4, 0.5) is 0 Å². The molecule has 2 rings (SSSR count). The highest BCUT2D eigenvalue weighted by molar-refractivity contribution is 9.10. The van der Waals surface area contributed by atoms with Crippen molar-refractivity contribution >= 4 is 69.3 Å². The summed E-state index contributed by atoms with van der Waals surface area (Å²) in [5.74, 6) is -0.122. The number of amides is 1. The molecule has 112 valence electrons. The van der Waals surface area contributed by atoms with Crippen molar-refractivity contribution in [1.29, 1.82) is 0 Å². The molecule has 2 heterocycles. The second-order valence-corrected chi connectivity index (χ2v) is 6.21. The van der Waals surface area contributed by atoms with Gasteiger partial charge >= 0.3 is 0 Å². The van der Waals surface area contributed by atoms with Gasteiger partial charge in [0, 0.05) is 28.3 Å². The first-order valence-corrected chi connectivity index (χ1v) is 7.88. The standard InChI is InChI=1S/C11H12BrN3OS2.2ClH/c1-13-2-3-14-10(16)8-6-18-11(15-8)9-4-7(12)5-17-9;;/h4-6,13H,2-3H2,1H3,(H,14,16);2*1H. The van der Waals surface area contributed by atoms with E-state index in [9.17, 15) is 4.79 Å². The van der Waals surface area contributed by atoms with Crippen molar-refractivity contribution in [2.24, 2.45) is 0 Å². The number of carbonyl (C=O) groups is 1. The molecule has 4 nitrogen and oxygen atoms in total. The van der Waals surface area contributed by atoms with Crippen molar-refractivity contribution in [2.45, 2.75) is 0 Å². The number of thiophene rings is 1. The molecule has 20 heavy (non-hydrogen) atoms. The first-order chi connectivity index (χ1) is 8.70. The fraction of sp³-hybridized carbons (Fsp3) is 0.273. The zero-order valence-corrected chi connectivity index (χ0v) is 15.4. The summed E-state index contributed by atoms with van der Waals surface area (Å²) in [5.41, 5.74) is 0.482. The number of nitrogens with one attached hydrogen (secondary N) is 2. The smallest absolute Gasteiger partial charge is 0.270 e. The Hall–Kier alpha value is -0.180. The molecule has 9 heteroatoms. The number of thiazole rings is 1. The maximum Gasteiger partial charge on any atom is 0.270 e. The fourth-order valence-corrected chi connectivity index (χ4v) is 3.62. The zero-order chi connectivity index (χ0) is 13.0. The maximum absolute atomic E-state index is 11.8. The Balaban J connectivity index is 0.00000180. The summed E-state index contributed by atoms with van der Waals surface area (Å²) in [5, 5.41) is 10.5. The molecule has 0 radical (unpaired) electrons. The summed E-state index contributed by atoms with van der Waals surface area (Å²) < 4.78 is 1.04. The largest absolute Gasteiger partial charge is 0.349 e. The Labute approximate surface area is 146 Å². The highest BCUT2D eigenvalue weighted by Gasteiger charge is 2.12. The van der Waals surface area contributed by atoms with E-state index in [-0.39, 0.29) is 30.7 Å². The van der Waals surface area contributed by atoms with E-state index >= 15 is 0 Å². The second-order valence-electron chi connectivity index (χ2n) is 3.53. The Morgan fingerprint density at radius 3 is 2.65 bits per heavy atom. The van der Waals surface area contributed by atoms with E-state index in [1.807, 2.05) is 18.5 Å². The van der Waals surface area contributed by atoms with Crippen LogP contribution < -0.4 is 10.6 Å². The molecule has 2 N–H and O–H groups in total. The lowest BCUT2D eigenvalue weighted by atomic mass is 10.4. The highest BCUT2D eigenvalue weighted by atomic mass is 79.9. The van der Waals surface area contributed by atoms with Gasteiger partial charge in [0.1, 0.15) is 10.7 Å². The third-order valence-electron chi connectivity index (χ3n) is 2.18. The summed E-state index contributed by atoms with van der Waals surface area (Å²) >= 11 is 6.50. The van der Waals surface area contributed by atoms with Crippen LogP contribution in [0.15, 0.2) is 21.3 Å². The monoisotopic (exact) mass is 417 g/mol. The lowest BCUT2D eigenvalue weighted by Gasteiger charge is -2.01. The van der Waals surface area contributed by atoms with Crippen LogP contribution in [0.1, 0.15) is 10.5 Å². The van der Waals surface area contributed by atoms with Crippen LogP contribution in [0.3, 0.4) is 0 Å². The maximum atomic E-state index is 11.8. The number of hydrogen-bond donors (Lipinski definition) is 2. The predicted octanol–water partition coefficient (Wildman–Crippen LogP) is 3.43.